The Morgan fingerprint density at radius 3 is 2.48 bits per heavy atom. The number of carbonyl (C=O) groups is 2. The van der Waals surface area contributed by atoms with E-state index in [4.69, 9.17) is 0 Å². The molecule has 1 aromatic rings. The van der Waals surface area contributed by atoms with Crippen molar-refractivity contribution >= 4 is 11.9 Å². The summed E-state index contributed by atoms with van der Waals surface area (Å²) in [5.41, 5.74) is 0.785. The van der Waals surface area contributed by atoms with Gasteiger partial charge in [0.1, 0.15) is 5.82 Å². The second kappa shape index (κ2) is 8.94. The molecule has 6 heteroatoms. The van der Waals surface area contributed by atoms with Gasteiger partial charge in [0.25, 0.3) is 0 Å². The molecule has 0 saturated heterocycles. The molecular formula is C15H22FN3O2. The number of halogens is 1. The number of benzene rings is 1. The van der Waals surface area contributed by atoms with Crippen molar-refractivity contribution in [3.05, 3.63) is 35.6 Å². The number of urea groups is 1. The van der Waals surface area contributed by atoms with Crippen molar-refractivity contribution in [2.45, 2.75) is 39.3 Å². The van der Waals surface area contributed by atoms with Gasteiger partial charge in [-0.1, -0.05) is 25.5 Å². The maximum absolute atomic E-state index is 12.7. The Morgan fingerprint density at radius 1 is 1.19 bits per heavy atom. The highest BCUT2D eigenvalue weighted by atomic mass is 19.1. The zero-order chi connectivity index (χ0) is 15.7. The molecule has 3 N–H and O–H groups in total. The van der Waals surface area contributed by atoms with E-state index < -0.39 is 6.03 Å². The Kier molecular flexibility index (Phi) is 7.21. The van der Waals surface area contributed by atoms with Crippen LogP contribution in [0.5, 0.6) is 0 Å². The normalized spacial score (nSPS) is 11.6. The summed E-state index contributed by atoms with van der Waals surface area (Å²) >= 11 is 0. The summed E-state index contributed by atoms with van der Waals surface area (Å²) in [6, 6.07) is 5.52. The van der Waals surface area contributed by atoms with Crippen molar-refractivity contribution in [3.8, 4) is 0 Å². The second-order valence-corrected chi connectivity index (χ2v) is 4.92. The zero-order valence-corrected chi connectivity index (χ0v) is 12.4. The molecule has 0 aliphatic rings. The molecular weight excluding hydrogens is 273 g/mol. The van der Waals surface area contributed by atoms with Crippen LogP contribution in [0.3, 0.4) is 0 Å². The Hall–Kier alpha value is -2.11. The van der Waals surface area contributed by atoms with Gasteiger partial charge in [0.2, 0.25) is 5.91 Å². The van der Waals surface area contributed by atoms with Crippen molar-refractivity contribution in [3.63, 3.8) is 0 Å². The topological polar surface area (TPSA) is 70.2 Å². The third kappa shape index (κ3) is 7.29. The molecule has 116 valence electrons. The number of nitrogens with one attached hydrogen (secondary N) is 3. The van der Waals surface area contributed by atoms with Crippen molar-refractivity contribution in [2.24, 2.45) is 0 Å². The summed E-state index contributed by atoms with van der Waals surface area (Å²) < 4.78 is 12.7. The van der Waals surface area contributed by atoms with Crippen LogP contribution >= 0.6 is 0 Å². The second-order valence-electron chi connectivity index (χ2n) is 4.92. The third-order valence-corrected chi connectivity index (χ3v) is 2.90. The molecule has 0 saturated carbocycles. The van der Waals surface area contributed by atoms with Gasteiger partial charge in [-0.25, -0.2) is 9.18 Å². The Morgan fingerprint density at radius 2 is 1.86 bits per heavy atom. The molecule has 1 aromatic carbocycles. The molecule has 0 heterocycles. The predicted molar refractivity (Wildman–Crippen MR) is 79.2 cm³/mol. The third-order valence-electron chi connectivity index (χ3n) is 2.90. The van der Waals surface area contributed by atoms with Crippen molar-refractivity contribution in [2.75, 3.05) is 6.54 Å². The van der Waals surface area contributed by atoms with Gasteiger partial charge < -0.3 is 16.0 Å². The number of amides is 3. The van der Waals surface area contributed by atoms with Crippen molar-refractivity contribution in [1.29, 1.82) is 0 Å². The average Bonchev–Trinajstić information content (AvgIpc) is 2.44. The SMILES string of the molecule is CCC[C@@H](C)NC(=O)CNC(=O)NCc1ccc(F)cc1. The van der Waals surface area contributed by atoms with Gasteiger partial charge in [-0.2, -0.15) is 0 Å². The Labute approximate surface area is 124 Å². The van der Waals surface area contributed by atoms with Crippen LogP contribution in [0.25, 0.3) is 0 Å². The molecule has 1 rings (SSSR count). The zero-order valence-electron chi connectivity index (χ0n) is 12.4. The molecule has 3 amide bonds. The number of hydrogen-bond donors (Lipinski definition) is 3. The van der Waals surface area contributed by atoms with Gasteiger partial charge in [-0.3, -0.25) is 4.79 Å². The van der Waals surface area contributed by atoms with Crippen LogP contribution in [0, 0.1) is 5.82 Å². The summed E-state index contributed by atoms with van der Waals surface area (Å²) in [7, 11) is 0. The van der Waals surface area contributed by atoms with Crippen LogP contribution in [-0.2, 0) is 11.3 Å². The van der Waals surface area contributed by atoms with Crippen LogP contribution in [-0.4, -0.2) is 24.5 Å². The van der Waals surface area contributed by atoms with E-state index in [0.29, 0.717) is 0 Å². The Bertz CT molecular complexity index is 462. The fraction of sp³-hybridized carbons (Fsp3) is 0.467. The molecule has 0 unspecified atom stereocenters. The summed E-state index contributed by atoms with van der Waals surface area (Å²) in [5.74, 6) is -0.533. The lowest BCUT2D eigenvalue weighted by atomic mass is 10.2. The van der Waals surface area contributed by atoms with E-state index in [1.807, 2.05) is 13.8 Å². The van der Waals surface area contributed by atoms with E-state index in [9.17, 15) is 14.0 Å². The first kappa shape index (κ1) is 16.9. The van der Waals surface area contributed by atoms with Gasteiger partial charge in [0, 0.05) is 12.6 Å². The smallest absolute Gasteiger partial charge is 0.315 e. The molecule has 1 atom stereocenters. The maximum Gasteiger partial charge on any atom is 0.315 e. The van der Waals surface area contributed by atoms with E-state index in [2.05, 4.69) is 16.0 Å². The lowest BCUT2D eigenvalue weighted by Gasteiger charge is -2.13. The summed E-state index contributed by atoms with van der Waals surface area (Å²) in [4.78, 5) is 23.1. The summed E-state index contributed by atoms with van der Waals surface area (Å²) in [6.07, 6.45) is 1.90. The van der Waals surface area contributed by atoms with Gasteiger partial charge in [-0.15, -0.1) is 0 Å². The maximum atomic E-state index is 12.7. The summed E-state index contributed by atoms with van der Waals surface area (Å²) in [6.45, 7) is 4.18. The van der Waals surface area contributed by atoms with Gasteiger partial charge in [0.15, 0.2) is 0 Å². The molecule has 0 spiro atoms. The van der Waals surface area contributed by atoms with Gasteiger partial charge in [0.05, 0.1) is 6.54 Å². The highest BCUT2D eigenvalue weighted by molar-refractivity contribution is 5.83. The number of rotatable bonds is 7. The van der Waals surface area contributed by atoms with Crippen LogP contribution in [0.1, 0.15) is 32.3 Å². The van der Waals surface area contributed by atoms with Gasteiger partial charge >= 0.3 is 6.03 Å². The lowest BCUT2D eigenvalue weighted by Crippen LogP contribution is -2.44. The largest absolute Gasteiger partial charge is 0.352 e. The molecule has 0 fully saturated rings. The molecule has 5 nitrogen and oxygen atoms in total. The molecule has 21 heavy (non-hydrogen) atoms. The first-order chi connectivity index (χ1) is 10.0. The van der Waals surface area contributed by atoms with E-state index in [1.165, 1.54) is 12.1 Å². The van der Waals surface area contributed by atoms with Gasteiger partial charge in [-0.05, 0) is 31.0 Å². The van der Waals surface area contributed by atoms with E-state index in [1.54, 1.807) is 12.1 Å². The minimum Gasteiger partial charge on any atom is -0.352 e. The minimum atomic E-state index is -0.433. The summed E-state index contributed by atoms with van der Waals surface area (Å²) in [5, 5.41) is 7.87. The first-order valence-corrected chi connectivity index (χ1v) is 7.06. The molecule has 0 aliphatic carbocycles. The monoisotopic (exact) mass is 295 g/mol. The quantitative estimate of drug-likeness (QED) is 0.719. The minimum absolute atomic E-state index is 0.0662. The molecule has 0 radical (unpaired) electrons. The van der Waals surface area contributed by atoms with E-state index in [-0.39, 0.29) is 30.9 Å². The number of carbonyl (C=O) groups excluding carboxylic acids is 2. The predicted octanol–water partition coefficient (Wildman–Crippen LogP) is 1.93. The Balaban J connectivity index is 2.21. The highest BCUT2D eigenvalue weighted by Crippen LogP contribution is 2.01. The van der Waals surface area contributed by atoms with Crippen LogP contribution in [0.4, 0.5) is 9.18 Å². The number of hydrogen-bond acceptors (Lipinski definition) is 2. The van der Waals surface area contributed by atoms with Crippen LogP contribution in [0.15, 0.2) is 24.3 Å². The fourth-order valence-corrected chi connectivity index (χ4v) is 1.84. The van der Waals surface area contributed by atoms with E-state index in [0.717, 1.165) is 18.4 Å². The molecule has 0 bridgehead atoms. The van der Waals surface area contributed by atoms with Crippen molar-refractivity contribution in [1.82, 2.24) is 16.0 Å². The lowest BCUT2D eigenvalue weighted by molar-refractivity contribution is -0.120. The highest BCUT2D eigenvalue weighted by Gasteiger charge is 2.08. The average molecular weight is 295 g/mol. The van der Waals surface area contributed by atoms with E-state index >= 15 is 0 Å². The standard InChI is InChI=1S/C15H22FN3O2/c1-3-4-11(2)19-14(20)10-18-15(21)17-9-12-5-7-13(16)8-6-12/h5-8,11H,3-4,9-10H2,1-2H3,(H,19,20)(H2,17,18,21)/t11-/m1/s1. The molecule has 0 aromatic heterocycles. The van der Waals surface area contributed by atoms with Crippen molar-refractivity contribution < 1.29 is 14.0 Å². The van der Waals surface area contributed by atoms with Crippen LogP contribution in [0.2, 0.25) is 0 Å². The molecule has 0 aliphatic heterocycles. The first-order valence-electron chi connectivity index (χ1n) is 7.06. The van der Waals surface area contributed by atoms with Crippen LogP contribution < -0.4 is 16.0 Å². The fourth-order valence-electron chi connectivity index (χ4n) is 1.84.